The van der Waals surface area contributed by atoms with E-state index in [0.717, 1.165) is 28.6 Å². The molecular formula is C13H14F3NO5S. The first-order valence-electron chi connectivity index (χ1n) is 6.75. The van der Waals surface area contributed by atoms with Crippen molar-refractivity contribution in [1.82, 2.24) is 4.31 Å². The summed E-state index contributed by atoms with van der Waals surface area (Å²) in [4.78, 5) is -0.128. The van der Waals surface area contributed by atoms with Crippen LogP contribution in [0.3, 0.4) is 0 Å². The highest BCUT2D eigenvalue weighted by Crippen LogP contribution is 2.34. The summed E-state index contributed by atoms with van der Waals surface area (Å²) in [6, 6.07) is 3.61. The maximum Gasteiger partial charge on any atom is 0.573 e. The molecule has 6 nitrogen and oxygen atoms in total. The Hall–Kier alpha value is -1.36. The van der Waals surface area contributed by atoms with Gasteiger partial charge in [0.25, 0.3) is 0 Å². The Morgan fingerprint density at radius 2 is 1.87 bits per heavy atom. The average molecular weight is 353 g/mol. The Morgan fingerprint density at radius 1 is 1.22 bits per heavy atom. The van der Waals surface area contributed by atoms with Crippen LogP contribution in [0.25, 0.3) is 0 Å². The number of benzene rings is 1. The van der Waals surface area contributed by atoms with Crippen LogP contribution in [0.4, 0.5) is 13.2 Å². The molecule has 23 heavy (non-hydrogen) atoms. The lowest BCUT2D eigenvalue weighted by molar-refractivity contribution is -0.274. The van der Waals surface area contributed by atoms with Crippen LogP contribution < -0.4 is 4.74 Å². The zero-order valence-corrected chi connectivity index (χ0v) is 12.8. The Morgan fingerprint density at radius 3 is 2.48 bits per heavy atom. The fraction of sp³-hybridized carbons (Fsp3) is 0.538. The zero-order valence-electron chi connectivity index (χ0n) is 12.0. The van der Waals surface area contributed by atoms with Gasteiger partial charge in [-0.2, -0.15) is 4.31 Å². The first kappa shape index (κ1) is 16.5. The molecule has 10 heteroatoms. The molecular weight excluding hydrogens is 339 g/mol. The first-order chi connectivity index (χ1) is 10.7. The van der Waals surface area contributed by atoms with E-state index in [4.69, 9.17) is 9.47 Å². The van der Waals surface area contributed by atoms with Gasteiger partial charge in [0.1, 0.15) is 18.0 Å². The van der Waals surface area contributed by atoms with Gasteiger partial charge in [0.2, 0.25) is 10.0 Å². The molecule has 0 aromatic heterocycles. The van der Waals surface area contributed by atoms with Crippen LogP contribution in [0.1, 0.15) is 0 Å². The van der Waals surface area contributed by atoms with Crippen molar-refractivity contribution < 1.29 is 35.8 Å². The molecule has 2 aliphatic rings. The highest BCUT2D eigenvalue weighted by atomic mass is 32.2. The fourth-order valence-corrected chi connectivity index (χ4v) is 3.85. The monoisotopic (exact) mass is 353 g/mol. The first-order valence-corrected chi connectivity index (χ1v) is 8.19. The minimum absolute atomic E-state index is 0.0889. The van der Waals surface area contributed by atoms with Gasteiger partial charge >= 0.3 is 6.36 Å². The summed E-state index contributed by atoms with van der Waals surface area (Å²) in [7, 11) is -2.47. The van der Waals surface area contributed by atoms with Crippen LogP contribution in [0.2, 0.25) is 0 Å². The van der Waals surface area contributed by atoms with E-state index in [1.54, 1.807) is 0 Å². The highest BCUT2D eigenvalue weighted by molar-refractivity contribution is 7.89. The summed E-state index contributed by atoms with van der Waals surface area (Å²) in [5.74, 6) is -0.481. The minimum Gasteiger partial charge on any atom is -0.406 e. The van der Waals surface area contributed by atoms with Crippen molar-refractivity contribution in [2.75, 3.05) is 20.3 Å². The second-order valence-electron chi connectivity index (χ2n) is 5.28. The fourth-order valence-electron chi connectivity index (χ4n) is 2.50. The molecule has 0 spiro atoms. The van der Waals surface area contributed by atoms with Gasteiger partial charge in [0.05, 0.1) is 24.2 Å². The average Bonchev–Trinajstić information content (AvgIpc) is 3.24. The van der Waals surface area contributed by atoms with Crippen LogP contribution in [0.15, 0.2) is 29.2 Å². The van der Waals surface area contributed by atoms with E-state index in [1.807, 2.05) is 0 Å². The minimum atomic E-state index is -4.82. The third-order valence-corrected chi connectivity index (χ3v) is 5.67. The molecule has 1 aromatic rings. The van der Waals surface area contributed by atoms with E-state index in [-0.39, 0.29) is 23.7 Å². The van der Waals surface area contributed by atoms with E-state index in [9.17, 15) is 21.6 Å². The van der Waals surface area contributed by atoms with Gasteiger partial charge in [0.15, 0.2) is 0 Å². The van der Waals surface area contributed by atoms with E-state index in [0.29, 0.717) is 6.61 Å². The third kappa shape index (κ3) is 3.44. The van der Waals surface area contributed by atoms with Crippen LogP contribution in [-0.2, 0) is 19.5 Å². The summed E-state index contributed by atoms with van der Waals surface area (Å²) in [5, 5.41) is 0. The summed E-state index contributed by atoms with van der Waals surface area (Å²) in [5.41, 5.74) is 0. The molecule has 2 unspecified atom stereocenters. The lowest BCUT2D eigenvalue weighted by Gasteiger charge is -2.28. The number of likely N-dealkylation sites (N-methyl/N-ethyl adjacent to an activating group) is 1. The van der Waals surface area contributed by atoms with E-state index in [2.05, 4.69) is 4.74 Å². The quantitative estimate of drug-likeness (QED) is 0.765. The molecule has 0 bridgehead atoms. The maximum atomic E-state index is 12.5. The molecule has 0 radical (unpaired) electrons. The van der Waals surface area contributed by atoms with Gasteiger partial charge in [0, 0.05) is 7.05 Å². The molecule has 0 saturated carbocycles. The van der Waals surface area contributed by atoms with Crippen molar-refractivity contribution in [3.05, 3.63) is 24.3 Å². The van der Waals surface area contributed by atoms with Crippen molar-refractivity contribution in [3.8, 4) is 5.75 Å². The molecule has 2 heterocycles. The van der Waals surface area contributed by atoms with Crippen LogP contribution in [0.5, 0.6) is 5.75 Å². The molecule has 0 aliphatic carbocycles. The van der Waals surface area contributed by atoms with E-state index in [1.165, 1.54) is 7.05 Å². The summed E-state index contributed by atoms with van der Waals surface area (Å²) < 4.78 is 76.9. The van der Waals surface area contributed by atoms with Gasteiger partial charge in [-0.3, -0.25) is 0 Å². The zero-order chi connectivity index (χ0) is 16.8. The second kappa shape index (κ2) is 5.62. The predicted molar refractivity (Wildman–Crippen MR) is 71.3 cm³/mol. The lowest BCUT2D eigenvalue weighted by Crippen LogP contribution is -2.46. The SMILES string of the molecule is CN(C1COCC2O[C@H]21)S(=O)(=O)c1ccc(OC(F)(F)F)cc1. The Kier molecular flexibility index (Phi) is 4.03. The number of hydrogen-bond donors (Lipinski definition) is 0. The number of sulfonamides is 1. The van der Waals surface area contributed by atoms with Gasteiger partial charge < -0.3 is 14.2 Å². The number of nitrogens with zero attached hydrogens (tertiary/aromatic N) is 1. The third-order valence-electron chi connectivity index (χ3n) is 3.77. The van der Waals surface area contributed by atoms with Crippen molar-refractivity contribution >= 4 is 10.0 Å². The molecule has 3 rings (SSSR count). The largest absolute Gasteiger partial charge is 0.573 e. The maximum absolute atomic E-state index is 12.5. The molecule has 2 fully saturated rings. The molecule has 1 aromatic carbocycles. The molecule has 128 valence electrons. The van der Waals surface area contributed by atoms with Crippen LogP contribution >= 0.6 is 0 Å². The lowest BCUT2D eigenvalue weighted by atomic mass is 10.1. The summed E-state index contributed by atoms with van der Waals surface area (Å²) in [6.07, 6.45) is -5.11. The highest BCUT2D eigenvalue weighted by Gasteiger charge is 2.52. The summed E-state index contributed by atoms with van der Waals surface area (Å²) >= 11 is 0. The molecule has 2 aliphatic heterocycles. The number of hydrogen-bond acceptors (Lipinski definition) is 5. The second-order valence-corrected chi connectivity index (χ2v) is 7.28. The molecule has 0 N–H and O–H groups in total. The number of fused-ring (bicyclic) bond motifs is 1. The van der Waals surface area contributed by atoms with Gasteiger partial charge in [-0.25, -0.2) is 8.42 Å². The molecule has 0 amide bonds. The number of halogens is 3. The number of alkyl halides is 3. The number of rotatable bonds is 4. The number of epoxide rings is 1. The normalized spacial score (nSPS) is 27.6. The van der Waals surface area contributed by atoms with Gasteiger partial charge in [-0.1, -0.05) is 0 Å². The van der Waals surface area contributed by atoms with E-state index < -0.39 is 28.2 Å². The van der Waals surface area contributed by atoms with Crippen molar-refractivity contribution in [3.63, 3.8) is 0 Å². The van der Waals surface area contributed by atoms with E-state index >= 15 is 0 Å². The Labute approximate surface area is 130 Å². The molecule has 3 atom stereocenters. The molecule has 2 saturated heterocycles. The van der Waals surface area contributed by atoms with Crippen molar-refractivity contribution in [2.45, 2.75) is 29.5 Å². The van der Waals surface area contributed by atoms with Crippen LogP contribution in [-0.4, -0.2) is 57.6 Å². The van der Waals surface area contributed by atoms with Crippen molar-refractivity contribution in [2.24, 2.45) is 0 Å². The van der Waals surface area contributed by atoms with Crippen molar-refractivity contribution in [1.29, 1.82) is 0 Å². The smallest absolute Gasteiger partial charge is 0.406 e. The topological polar surface area (TPSA) is 68.4 Å². The summed E-state index contributed by atoms with van der Waals surface area (Å²) in [6.45, 7) is 0.657. The predicted octanol–water partition coefficient (Wildman–Crippen LogP) is 1.37. The van der Waals surface area contributed by atoms with Crippen LogP contribution in [0, 0.1) is 0 Å². The number of ether oxygens (including phenoxy) is 3. The van der Waals surface area contributed by atoms with Gasteiger partial charge in [-0.15, -0.1) is 13.2 Å². The standard InChI is InChI=1S/C13H14F3NO5S/c1-17(10-6-20-7-11-12(10)21-11)23(18,19)9-4-2-8(3-5-9)22-13(14,15)16/h2-5,10-12H,6-7H2,1H3/t10?,11?,12-/m0/s1. The Bertz CT molecular complexity index is 676. The Balaban J connectivity index is 1.76. The van der Waals surface area contributed by atoms with Gasteiger partial charge in [-0.05, 0) is 24.3 Å².